The Bertz CT molecular complexity index is 1230. The Balaban J connectivity index is 2.18. The summed E-state index contributed by atoms with van der Waals surface area (Å²) in [6.45, 7) is 18.6. The molecular weight excluding hydrogens is 730 g/mol. The first-order valence-corrected chi connectivity index (χ1v) is 20.5. The van der Waals surface area contributed by atoms with E-state index in [9.17, 15) is 35.1 Å². The van der Waals surface area contributed by atoms with Gasteiger partial charge in [-0.15, -0.1) is 0 Å². The summed E-state index contributed by atoms with van der Waals surface area (Å²) in [5.41, 5.74) is -4.54. The molecule has 7 N–H and O–H groups in total. The largest absolute Gasteiger partial charge is 0.459 e. The highest BCUT2D eigenvalue weighted by atomic mass is 16.7. The summed E-state index contributed by atoms with van der Waals surface area (Å²) in [5, 5.41) is 64.6. The number of nitrogens with one attached hydrogen (secondary N) is 2. The molecule has 18 atom stereocenters. The standard InChI is InChI=1S/C40H75N3O13/c1-13-29-40(10,50)33(46)26(6)43(16-14-15-42-21-44)20-22(2)18-38(8,49)35(56-37-31(45)28(41-11)17-23(3)52-37)24(4)32(25(5)36(48)54-29)55-30-19-39(9,51-12)34(47)27(7)53-30/h21-35,37,41,45-47,49-50H,13-20H2,1-12H3,(H,42,44). The molecule has 1 amide bonds. The van der Waals surface area contributed by atoms with Gasteiger partial charge in [-0.2, -0.15) is 0 Å². The number of aliphatic hydroxyl groups is 5. The van der Waals surface area contributed by atoms with Gasteiger partial charge >= 0.3 is 5.97 Å². The number of likely N-dealkylation sites (N-methyl/N-ethyl adjacent to an activating group) is 1. The lowest BCUT2D eigenvalue weighted by molar-refractivity contribution is -0.316. The maximum absolute atomic E-state index is 14.3. The van der Waals surface area contributed by atoms with Crippen molar-refractivity contribution in [3.63, 3.8) is 0 Å². The number of carbonyl (C=O) groups excluding carboxylic acids is 2. The summed E-state index contributed by atoms with van der Waals surface area (Å²) in [7, 11) is 3.25. The second-order valence-corrected chi connectivity index (χ2v) is 17.5. The number of aliphatic hydroxyl groups excluding tert-OH is 3. The zero-order valence-corrected chi connectivity index (χ0v) is 35.8. The Labute approximate surface area is 334 Å². The van der Waals surface area contributed by atoms with E-state index in [1.807, 2.05) is 18.7 Å². The molecule has 3 aliphatic heterocycles. The van der Waals surface area contributed by atoms with Crippen LogP contribution in [0.3, 0.4) is 0 Å². The number of amides is 1. The SMILES string of the molecule is CCC1OC(=O)C(C)C(OC2CC(C)(OC)C(O)C(C)O2)C(C)C(OC2OC(C)CC(NC)C2O)C(C)(O)CC(C)CN(CCCNC=O)C(C)C(O)C1(C)O. The van der Waals surface area contributed by atoms with Crippen molar-refractivity contribution in [1.82, 2.24) is 15.5 Å². The van der Waals surface area contributed by atoms with E-state index >= 15 is 0 Å². The van der Waals surface area contributed by atoms with Crippen molar-refractivity contribution in [1.29, 1.82) is 0 Å². The summed E-state index contributed by atoms with van der Waals surface area (Å²) < 4.78 is 37.6. The molecule has 0 aromatic carbocycles. The summed E-state index contributed by atoms with van der Waals surface area (Å²) in [4.78, 5) is 27.3. The monoisotopic (exact) mass is 806 g/mol. The number of methoxy groups -OCH3 is 1. The number of esters is 1. The van der Waals surface area contributed by atoms with E-state index in [0.29, 0.717) is 38.9 Å². The molecule has 0 aromatic rings. The second-order valence-electron chi connectivity index (χ2n) is 17.5. The van der Waals surface area contributed by atoms with Crippen LogP contribution < -0.4 is 10.6 Å². The second kappa shape index (κ2) is 20.6. The van der Waals surface area contributed by atoms with Crippen LogP contribution in [0.4, 0.5) is 0 Å². The summed E-state index contributed by atoms with van der Waals surface area (Å²) in [5.74, 6) is -2.78. The maximum atomic E-state index is 14.3. The van der Waals surface area contributed by atoms with Crippen LogP contribution >= 0.6 is 0 Å². The lowest BCUT2D eigenvalue weighted by Gasteiger charge is -2.48. The van der Waals surface area contributed by atoms with Crippen LogP contribution in [0.1, 0.15) is 101 Å². The molecule has 16 heteroatoms. The Morgan fingerprint density at radius 3 is 2.23 bits per heavy atom. The third kappa shape index (κ3) is 11.6. The molecular formula is C40H75N3O13. The third-order valence-electron chi connectivity index (χ3n) is 12.6. The smallest absolute Gasteiger partial charge is 0.311 e. The number of ether oxygens (including phenoxy) is 6. The highest BCUT2D eigenvalue weighted by molar-refractivity contribution is 5.73. The minimum atomic E-state index is -1.88. The zero-order valence-electron chi connectivity index (χ0n) is 35.8. The van der Waals surface area contributed by atoms with Gasteiger partial charge in [-0.1, -0.05) is 20.8 Å². The fourth-order valence-corrected chi connectivity index (χ4v) is 9.14. The van der Waals surface area contributed by atoms with E-state index in [4.69, 9.17) is 28.4 Å². The van der Waals surface area contributed by atoms with Crippen LogP contribution in [0, 0.1) is 17.8 Å². The van der Waals surface area contributed by atoms with Crippen molar-refractivity contribution in [3.05, 3.63) is 0 Å². The minimum Gasteiger partial charge on any atom is -0.459 e. The van der Waals surface area contributed by atoms with E-state index in [2.05, 4.69) is 10.6 Å². The van der Waals surface area contributed by atoms with E-state index in [1.54, 1.807) is 55.5 Å². The van der Waals surface area contributed by atoms with Crippen molar-refractivity contribution in [3.8, 4) is 0 Å². The Kier molecular flexibility index (Phi) is 18.0. The van der Waals surface area contributed by atoms with Gasteiger partial charge in [-0.05, 0) is 87.1 Å². The van der Waals surface area contributed by atoms with Gasteiger partial charge in [-0.3, -0.25) is 14.5 Å². The minimum absolute atomic E-state index is 0.110. The summed E-state index contributed by atoms with van der Waals surface area (Å²) in [6.07, 6.45) is -7.61. The van der Waals surface area contributed by atoms with Gasteiger partial charge in [0.25, 0.3) is 0 Å². The highest BCUT2D eigenvalue weighted by Crippen LogP contribution is 2.40. The van der Waals surface area contributed by atoms with Crippen molar-refractivity contribution >= 4 is 12.4 Å². The zero-order chi connectivity index (χ0) is 42.3. The molecule has 0 saturated carbocycles. The molecule has 328 valence electrons. The first kappa shape index (κ1) is 48.8. The van der Waals surface area contributed by atoms with Crippen LogP contribution in [0.15, 0.2) is 0 Å². The summed E-state index contributed by atoms with van der Waals surface area (Å²) >= 11 is 0. The van der Waals surface area contributed by atoms with Crippen molar-refractivity contribution in [2.24, 2.45) is 17.8 Å². The number of carbonyl (C=O) groups is 2. The topological polar surface area (TPSA) is 218 Å². The fraction of sp³-hybridized carbons (Fsp3) is 0.950. The number of hydrogen-bond acceptors (Lipinski definition) is 15. The quantitative estimate of drug-likeness (QED) is 0.0834. The first-order valence-electron chi connectivity index (χ1n) is 20.5. The number of cyclic esters (lactones) is 1. The molecule has 0 radical (unpaired) electrons. The van der Waals surface area contributed by atoms with Crippen LogP contribution in [0.2, 0.25) is 0 Å². The normalized spacial score (nSPS) is 46.7. The van der Waals surface area contributed by atoms with E-state index in [0.717, 1.165) is 0 Å². The molecule has 3 fully saturated rings. The van der Waals surface area contributed by atoms with Gasteiger partial charge in [-0.25, -0.2) is 0 Å². The van der Waals surface area contributed by atoms with Crippen LogP contribution in [0.25, 0.3) is 0 Å². The van der Waals surface area contributed by atoms with Crippen LogP contribution in [-0.2, 0) is 38.0 Å². The Morgan fingerprint density at radius 1 is 0.982 bits per heavy atom. The molecule has 0 spiro atoms. The van der Waals surface area contributed by atoms with E-state index in [-0.39, 0.29) is 37.3 Å². The van der Waals surface area contributed by atoms with Gasteiger partial charge in [0.1, 0.15) is 30.0 Å². The van der Waals surface area contributed by atoms with E-state index < -0.39 is 96.0 Å². The van der Waals surface area contributed by atoms with Gasteiger partial charge < -0.3 is 64.6 Å². The van der Waals surface area contributed by atoms with Crippen LogP contribution in [0.5, 0.6) is 0 Å². The average Bonchev–Trinajstić information content (AvgIpc) is 3.14. The highest BCUT2D eigenvalue weighted by Gasteiger charge is 2.52. The molecule has 0 aromatic heterocycles. The van der Waals surface area contributed by atoms with Gasteiger partial charge in [0.15, 0.2) is 12.6 Å². The summed E-state index contributed by atoms with van der Waals surface area (Å²) in [6, 6.07) is -0.983. The molecule has 3 saturated heterocycles. The Hall–Kier alpha value is -1.54. The van der Waals surface area contributed by atoms with Crippen LogP contribution in [-0.4, -0.2) is 167 Å². The number of rotatable bonds is 12. The fourth-order valence-electron chi connectivity index (χ4n) is 9.14. The molecule has 0 bridgehead atoms. The first-order chi connectivity index (χ1) is 26.1. The number of hydrogen-bond donors (Lipinski definition) is 7. The molecule has 3 heterocycles. The molecule has 3 rings (SSSR count). The van der Waals surface area contributed by atoms with Crippen molar-refractivity contribution in [2.75, 3.05) is 33.8 Å². The molecule has 0 aliphatic carbocycles. The predicted octanol–water partition coefficient (Wildman–Crippen LogP) is 1.06. The van der Waals surface area contributed by atoms with Crippen molar-refractivity contribution in [2.45, 2.75) is 192 Å². The predicted molar refractivity (Wildman–Crippen MR) is 207 cm³/mol. The molecule has 3 aliphatic rings. The lowest BCUT2D eigenvalue weighted by Crippen LogP contribution is -2.60. The van der Waals surface area contributed by atoms with Gasteiger partial charge in [0.05, 0.1) is 41.5 Å². The molecule has 18 unspecified atom stereocenters. The average molecular weight is 806 g/mol. The maximum Gasteiger partial charge on any atom is 0.311 e. The third-order valence-corrected chi connectivity index (χ3v) is 12.6. The van der Waals surface area contributed by atoms with Gasteiger partial charge in [0, 0.05) is 51.2 Å². The number of nitrogens with zero attached hydrogens (tertiary/aromatic N) is 1. The Morgan fingerprint density at radius 2 is 1.64 bits per heavy atom. The lowest BCUT2D eigenvalue weighted by atomic mass is 9.77. The molecule has 16 nitrogen and oxygen atoms in total. The van der Waals surface area contributed by atoms with Crippen molar-refractivity contribution < 1.29 is 63.5 Å². The van der Waals surface area contributed by atoms with E-state index in [1.165, 1.54) is 14.0 Å². The molecule has 56 heavy (non-hydrogen) atoms. The van der Waals surface area contributed by atoms with Gasteiger partial charge in [0.2, 0.25) is 6.41 Å².